The molecular formula is C20H21F5N4O3. The zero-order valence-electron chi connectivity index (χ0n) is 17.4. The lowest BCUT2D eigenvalue weighted by atomic mass is 9.91. The molecule has 0 saturated carbocycles. The molecular weight excluding hydrogens is 439 g/mol. The van der Waals surface area contributed by atoms with Gasteiger partial charge in [-0.25, -0.2) is 8.78 Å². The molecule has 32 heavy (non-hydrogen) atoms. The van der Waals surface area contributed by atoms with Crippen LogP contribution < -0.4 is 4.74 Å². The van der Waals surface area contributed by atoms with Gasteiger partial charge in [0.2, 0.25) is 5.82 Å². The van der Waals surface area contributed by atoms with Crippen molar-refractivity contribution < 1.29 is 36.0 Å². The molecule has 4 rings (SSSR count). The van der Waals surface area contributed by atoms with Gasteiger partial charge < -0.3 is 19.1 Å². The Hall–Kier alpha value is -2.76. The lowest BCUT2D eigenvalue weighted by Gasteiger charge is -2.38. The molecule has 2 aromatic rings. The Kier molecular flexibility index (Phi) is 5.60. The first kappa shape index (κ1) is 22.4. The third-order valence-corrected chi connectivity index (χ3v) is 5.85. The van der Waals surface area contributed by atoms with Gasteiger partial charge >= 0.3 is 12.1 Å². The second-order valence-electron chi connectivity index (χ2n) is 8.22. The molecule has 1 atom stereocenters. The lowest BCUT2D eigenvalue weighted by molar-refractivity contribution is -0.159. The van der Waals surface area contributed by atoms with E-state index in [1.54, 1.807) is 6.92 Å². The largest absolute Gasteiger partial charge is 0.491 e. The first-order valence-electron chi connectivity index (χ1n) is 10.0. The maximum Gasteiger partial charge on any atom is 0.471 e. The fourth-order valence-electron chi connectivity index (χ4n) is 3.82. The van der Waals surface area contributed by atoms with E-state index in [2.05, 4.69) is 14.7 Å². The average molecular weight is 460 g/mol. The number of aromatic nitrogens is 2. The number of carbonyl (C=O) groups excluding carboxylic acids is 1. The first-order valence-corrected chi connectivity index (χ1v) is 10.0. The molecule has 174 valence electrons. The topological polar surface area (TPSA) is 71.7 Å². The maximum absolute atomic E-state index is 15.4. The molecule has 12 heteroatoms. The van der Waals surface area contributed by atoms with E-state index in [1.165, 1.54) is 11.0 Å². The van der Waals surface area contributed by atoms with Crippen molar-refractivity contribution >= 4 is 5.91 Å². The summed E-state index contributed by atoms with van der Waals surface area (Å²) >= 11 is 0. The van der Waals surface area contributed by atoms with Gasteiger partial charge in [-0.2, -0.15) is 18.2 Å². The smallest absolute Gasteiger partial charge is 0.471 e. The Balaban J connectivity index is 1.62. The SMILES string of the molecule is C[C@H]1COc2cc(-c3noc(C(F)(F)F)n3)cc(F)c2CN1C(=O)C1(F)CCN(C)CC1. The van der Waals surface area contributed by atoms with Gasteiger partial charge in [0.15, 0.2) is 5.67 Å². The van der Waals surface area contributed by atoms with Crippen LogP contribution in [0.2, 0.25) is 0 Å². The molecule has 2 aliphatic heterocycles. The van der Waals surface area contributed by atoms with Crippen molar-refractivity contribution in [1.82, 2.24) is 19.9 Å². The zero-order chi connectivity index (χ0) is 23.3. The monoisotopic (exact) mass is 460 g/mol. The summed E-state index contributed by atoms with van der Waals surface area (Å²) in [5.41, 5.74) is -2.12. The van der Waals surface area contributed by atoms with Crippen molar-refractivity contribution in [2.45, 2.75) is 44.2 Å². The van der Waals surface area contributed by atoms with Crippen LogP contribution in [0.5, 0.6) is 5.75 Å². The number of ether oxygens (including phenoxy) is 1. The highest BCUT2D eigenvalue weighted by Gasteiger charge is 2.45. The summed E-state index contributed by atoms with van der Waals surface area (Å²) < 4.78 is 78.4. The maximum atomic E-state index is 15.4. The second kappa shape index (κ2) is 7.98. The number of hydrogen-bond donors (Lipinski definition) is 0. The summed E-state index contributed by atoms with van der Waals surface area (Å²) in [5.74, 6) is -3.54. The van der Waals surface area contributed by atoms with Crippen LogP contribution in [0.3, 0.4) is 0 Å². The molecule has 0 N–H and O–H groups in total. The summed E-state index contributed by atoms with van der Waals surface area (Å²) in [6.07, 6.45) is -4.75. The molecule has 1 aromatic carbocycles. The van der Waals surface area contributed by atoms with Gasteiger partial charge in [0, 0.05) is 37.1 Å². The predicted molar refractivity (Wildman–Crippen MR) is 101 cm³/mol. The molecule has 7 nitrogen and oxygen atoms in total. The molecule has 1 fully saturated rings. The normalized spacial score (nSPS) is 21.6. The van der Waals surface area contributed by atoms with Gasteiger partial charge in [0.25, 0.3) is 5.91 Å². The Morgan fingerprint density at radius 1 is 1.25 bits per heavy atom. The fourth-order valence-corrected chi connectivity index (χ4v) is 3.82. The van der Waals surface area contributed by atoms with E-state index >= 15 is 4.39 Å². The van der Waals surface area contributed by atoms with Crippen LogP contribution in [0.25, 0.3) is 11.4 Å². The highest BCUT2D eigenvalue weighted by Crippen LogP contribution is 2.36. The van der Waals surface area contributed by atoms with E-state index in [-0.39, 0.29) is 42.9 Å². The Bertz CT molecular complexity index is 1020. The molecule has 1 amide bonds. The predicted octanol–water partition coefficient (Wildman–Crippen LogP) is 3.44. The van der Waals surface area contributed by atoms with Crippen molar-refractivity contribution in [2.75, 3.05) is 26.7 Å². The number of piperidine rings is 1. The molecule has 1 aromatic heterocycles. The highest BCUT2D eigenvalue weighted by atomic mass is 19.4. The molecule has 0 radical (unpaired) electrons. The van der Waals surface area contributed by atoms with E-state index < -0.39 is 41.3 Å². The summed E-state index contributed by atoms with van der Waals surface area (Å²) in [5, 5.41) is 3.25. The van der Waals surface area contributed by atoms with Gasteiger partial charge in [0.05, 0.1) is 12.6 Å². The van der Waals surface area contributed by atoms with E-state index in [9.17, 15) is 22.4 Å². The van der Waals surface area contributed by atoms with E-state index in [0.717, 1.165) is 6.07 Å². The van der Waals surface area contributed by atoms with Crippen LogP contribution in [0, 0.1) is 5.82 Å². The van der Waals surface area contributed by atoms with Crippen molar-refractivity contribution in [3.8, 4) is 17.1 Å². The minimum Gasteiger partial charge on any atom is -0.491 e. The number of benzene rings is 1. The summed E-state index contributed by atoms with van der Waals surface area (Å²) in [4.78, 5) is 19.5. The van der Waals surface area contributed by atoms with Crippen LogP contribution in [0.4, 0.5) is 22.0 Å². The summed E-state index contributed by atoms with van der Waals surface area (Å²) in [6.45, 7) is 2.25. The number of likely N-dealkylation sites (tertiary alicyclic amines) is 1. The van der Waals surface area contributed by atoms with Gasteiger partial charge in [-0.3, -0.25) is 4.79 Å². The number of alkyl halides is 4. The summed E-state index contributed by atoms with van der Waals surface area (Å²) in [6, 6.07) is 1.67. The van der Waals surface area contributed by atoms with Crippen molar-refractivity contribution in [1.29, 1.82) is 0 Å². The first-order chi connectivity index (χ1) is 15.0. The standard InChI is InChI=1S/C20H21F5N4O3/c1-11-10-31-15-8-12(16-26-17(32-27-16)20(23,24)25)7-14(21)13(15)9-29(11)18(30)19(22)3-5-28(2)6-4-19/h7-8,11H,3-6,9-10H2,1-2H3/t11-/m0/s1. The number of carbonyl (C=O) groups is 1. The molecule has 0 unspecified atom stereocenters. The second-order valence-corrected chi connectivity index (χ2v) is 8.22. The van der Waals surface area contributed by atoms with Crippen LogP contribution in [-0.4, -0.2) is 64.3 Å². The quantitative estimate of drug-likeness (QED) is 0.640. The molecule has 0 bridgehead atoms. The third-order valence-electron chi connectivity index (χ3n) is 5.85. The number of rotatable bonds is 2. The molecule has 2 aliphatic rings. The van der Waals surface area contributed by atoms with Crippen molar-refractivity contribution in [3.63, 3.8) is 0 Å². The van der Waals surface area contributed by atoms with Crippen LogP contribution in [0.1, 0.15) is 31.2 Å². The minimum absolute atomic E-state index is 0.00233. The molecule has 0 spiro atoms. The van der Waals surface area contributed by atoms with Gasteiger partial charge in [-0.1, -0.05) is 5.16 Å². The van der Waals surface area contributed by atoms with Crippen LogP contribution in [-0.2, 0) is 17.5 Å². The van der Waals surface area contributed by atoms with Gasteiger partial charge in [-0.15, -0.1) is 0 Å². The Morgan fingerprint density at radius 3 is 2.56 bits per heavy atom. The fraction of sp³-hybridized carbons (Fsp3) is 0.550. The molecule has 3 heterocycles. The third kappa shape index (κ3) is 4.15. The van der Waals surface area contributed by atoms with E-state index in [1.807, 2.05) is 11.9 Å². The van der Waals surface area contributed by atoms with Crippen molar-refractivity contribution in [3.05, 3.63) is 29.4 Å². The minimum atomic E-state index is -4.83. The summed E-state index contributed by atoms with van der Waals surface area (Å²) in [7, 11) is 1.84. The number of amides is 1. The Labute approximate surface area is 180 Å². The molecule has 1 saturated heterocycles. The molecule has 0 aliphatic carbocycles. The van der Waals surface area contributed by atoms with Crippen LogP contribution >= 0.6 is 0 Å². The number of fused-ring (bicyclic) bond motifs is 1. The van der Waals surface area contributed by atoms with E-state index in [0.29, 0.717) is 13.1 Å². The van der Waals surface area contributed by atoms with Gasteiger partial charge in [-0.05, 0) is 26.1 Å². The average Bonchev–Trinajstić information content (AvgIpc) is 3.17. The Morgan fingerprint density at radius 2 is 1.94 bits per heavy atom. The number of hydrogen-bond acceptors (Lipinski definition) is 6. The van der Waals surface area contributed by atoms with Crippen LogP contribution in [0.15, 0.2) is 16.7 Å². The number of nitrogens with zero attached hydrogens (tertiary/aromatic N) is 4. The van der Waals surface area contributed by atoms with Gasteiger partial charge in [0.1, 0.15) is 18.2 Å². The highest BCUT2D eigenvalue weighted by molar-refractivity contribution is 5.85. The lowest BCUT2D eigenvalue weighted by Crippen LogP contribution is -2.54. The zero-order valence-corrected chi connectivity index (χ0v) is 17.4. The number of halogens is 5. The van der Waals surface area contributed by atoms with Crippen molar-refractivity contribution in [2.24, 2.45) is 0 Å². The van der Waals surface area contributed by atoms with E-state index in [4.69, 9.17) is 4.74 Å².